The van der Waals surface area contributed by atoms with E-state index in [0.29, 0.717) is 26.2 Å². The van der Waals surface area contributed by atoms with E-state index in [9.17, 15) is 5.11 Å². The lowest BCUT2D eigenvalue weighted by molar-refractivity contribution is 0.0888. The van der Waals surface area contributed by atoms with Crippen LogP contribution in [0.1, 0.15) is 28.7 Å². The predicted molar refractivity (Wildman–Crippen MR) is 139 cm³/mol. The van der Waals surface area contributed by atoms with Gasteiger partial charge in [0.25, 0.3) is 0 Å². The fourth-order valence-corrected chi connectivity index (χ4v) is 4.04. The quantitative estimate of drug-likeness (QED) is 0.206. The van der Waals surface area contributed by atoms with E-state index in [2.05, 4.69) is 42.5 Å². The monoisotopic (exact) mass is 450 g/mol. The molecule has 0 unspecified atom stereocenters. The molecule has 0 heterocycles. The number of hydrogen-bond donors (Lipinski definition) is 1. The molecule has 0 fully saturated rings. The van der Waals surface area contributed by atoms with E-state index in [-0.39, 0.29) is 6.61 Å². The predicted octanol–water partition coefficient (Wildman–Crippen LogP) is 6.62. The van der Waals surface area contributed by atoms with Crippen molar-refractivity contribution in [2.24, 2.45) is 0 Å². The Kier molecular flexibility index (Phi) is 8.67. The van der Waals surface area contributed by atoms with E-state index in [1.165, 1.54) is 0 Å². The van der Waals surface area contributed by atoms with Gasteiger partial charge >= 0.3 is 0 Å². The third kappa shape index (κ3) is 6.22. The standard InChI is InChI=1S/C31H30O3/c32-21-20-28(26-14-6-2-7-15-26)31(27-16-8-3-9-17-27)29-18-10-11-19-30(29)34-23-22-33-24-25-12-4-1-5-13-25/h1-19,32H,20-24H2/b31-28-. The number of aliphatic hydroxyl groups excluding tert-OH is 1. The molecule has 0 atom stereocenters. The van der Waals surface area contributed by atoms with E-state index in [4.69, 9.17) is 9.47 Å². The van der Waals surface area contributed by atoms with Crippen molar-refractivity contribution in [3.05, 3.63) is 138 Å². The molecule has 0 aliphatic rings. The summed E-state index contributed by atoms with van der Waals surface area (Å²) in [6.45, 7) is 1.58. The highest BCUT2D eigenvalue weighted by Gasteiger charge is 2.17. The number of rotatable bonds is 11. The molecular formula is C31H30O3. The van der Waals surface area contributed by atoms with Crippen molar-refractivity contribution in [3.63, 3.8) is 0 Å². The molecule has 0 aliphatic heterocycles. The maximum Gasteiger partial charge on any atom is 0.127 e. The van der Waals surface area contributed by atoms with Crippen LogP contribution >= 0.6 is 0 Å². The third-order valence-electron chi connectivity index (χ3n) is 5.60. The van der Waals surface area contributed by atoms with Crippen LogP contribution in [0, 0.1) is 0 Å². The molecule has 4 rings (SSSR count). The normalized spacial score (nSPS) is 11.7. The Morgan fingerprint density at radius 3 is 1.88 bits per heavy atom. The highest BCUT2D eigenvalue weighted by molar-refractivity contribution is 6.00. The summed E-state index contributed by atoms with van der Waals surface area (Å²) < 4.78 is 12.0. The van der Waals surface area contributed by atoms with Gasteiger partial charge in [-0.05, 0) is 40.3 Å². The highest BCUT2D eigenvalue weighted by Crippen LogP contribution is 2.38. The van der Waals surface area contributed by atoms with Crippen molar-refractivity contribution in [2.45, 2.75) is 13.0 Å². The molecule has 4 aromatic carbocycles. The first-order valence-corrected chi connectivity index (χ1v) is 11.7. The molecule has 0 aromatic heterocycles. The number of para-hydroxylation sites is 1. The average molecular weight is 451 g/mol. The van der Waals surface area contributed by atoms with Gasteiger partial charge in [-0.1, -0.05) is 109 Å². The Bertz CT molecular complexity index is 1170. The lowest BCUT2D eigenvalue weighted by Gasteiger charge is -2.20. The fraction of sp³-hybridized carbons (Fsp3) is 0.161. The minimum atomic E-state index is 0.0664. The Hall–Kier alpha value is -3.66. The first-order chi connectivity index (χ1) is 16.9. The summed E-state index contributed by atoms with van der Waals surface area (Å²) in [4.78, 5) is 0. The Balaban J connectivity index is 1.62. The first kappa shape index (κ1) is 23.5. The SMILES string of the molecule is OCC/C(=C(\c1ccccc1)c1ccccc1OCCOCc1ccccc1)c1ccccc1. The lowest BCUT2D eigenvalue weighted by Crippen LogP contribution is -2.08. The molecule has 4 aromatic rings. The third-order valence-corrected chi connectivity index (χ3v) is 5.60. The zero-order chi connectivity index (χ0) is 23.4. The van der Waals surface area contributed by atoms with Gasteiger partial charge in [0.2, 0.25) is 0 Å². The summed E-state index contributed by atoms with van der Waals surface area (Å²) in [5, 5.41) is 9.92. The van der Waals surface area contributed by atoms with E-state index in [1.54, 1.807) is 0 Å². The van der Waals surface area contributed by atoms with Gasteiger partial charge in [0.05, 0.1) is 13.2 Å². The number of benzene rings is 4. The van der Waals surface area contributed by atoms with Gasteiger partial charge in [0.15, 0.2) is 0 Å². The smallest absolute Gasteiger partial charge is 0.127 e. The van der Waals surface area contributed by atoms with E-state index in [1.807, 2.05) is 72.8 Å². The molecule has 0 aliphatic carbocycles. The zero-order valence-electron chi connectivity index (χ0n) is 19.3. The number of ether oxygens (including phenoxy) is 2. The second-order valence-electron chi connectivity index (χ2n) is 7.94. The molecule has 0 saturated carbocycles. The second kappa shape index (κ2) is 12.5. The van der Waals surface area contributed by atoms with E-state index in [0.717, 1.165) is 39.1 Å². The van der Waals surface area contributed by atoms with Gasteiger partial charge in [0.1, 0.15) is 12.4 Å². The summed E-state index contributed by atoms with van der Waals surface area (Å²) in [6.07, 6.45) is 0.544. The van der Waals surface area contributed by atoms with Crippen LogP contribution in [0.5, 0.6) is 5.75 Å². The Morgan fingerprint density at radius 2 is 1.21 bits per heavy atom. The number of aliphatic hydroxyl groups is 1. The van der Waals surface area contributed by atoms with E-state index < -0.39 is 0 Å². The van der Waals surface area contributed by atoms with E-state index >= 15 is 0 Å². The summed E-state index contributed by atoms with van der Waals surface area (Å²) in [6, 6.07) is 38.8. The first-order valence-electron chi connectivity index (χ1n) is 11.7. The molecule has 1 N–H and O–H groups in total. The molecule has 3 heteroatoms. The zero-order valence-corrected chi connectivity index (χ0v) is 19.3. The van der Waals surface area contributed by atoms with Crippen molar-refractivity contribution in [1.82, 2.24) is 0 Å². The molecule has 0 amide bonds. The van der Waals surface area contributed by atoms with Crippen LogP contribution < -0.4 is 4.74 Å². The minimum absolute atomic E-state index is 0.0664. The van der Waals surface area contributed by atoms with Crippen molar-refractivity contribution >= 4 is 11.1 Å². The van der Waals surface area contributed by atoms with Crippen LogP contribution in [0.3, 0.4) is 0 Å². The molecule has 34 heavy (non-hydrogen) atoms. The highest BCUT2D eigenvalue weighted by atomic mass is 16.5. The molecule has 3 nitrogen and oxygen atoms in total. The molecule has 0 spiro atoms. The van der Waals surface area contributed by atoms with Gasteiger partial charge in [-0.2, -0.15) is 0 Å². The van der Waals surface area contributed by atoms with Crippen molar-refractivity contribution < 1.29 is 14.6 Å². The summed E-state index contributed by atoms with van der Waals surface area (Å²) in [5.41, 5.74) is 6.49. The van der Waals surface area contributed by atoms with Gasteiger partial charge in [-0.25, -0.2) is 0 Å². The van der Waals surface area contributed by atoms with Crippen molar-refractivity contribution in [3.8, 4) is 5.75 Å². The van der Waals surface area contributed by atoms with Crippen LogP contribution in [0.25, 0.3) is 11.1 Å². The maximum atomic E-state index is 9.92. The molecule has 0 saturated heterocycles. The van der Waals surface area contributed by atoms with Crippen LogP contribution in [0.2, 0.25) is 0 Å². The maximum absolute atomic E-state index is 9.92. The van der Waals surface area contributed by atoms with Crippen LogP contribution in [0.4, 0.5) is 0 Å². The summed E-state index contributed by atoms with van der Waals surface area (Å²) in [5.74, 6) is 0.802. The minimum Gasteiger partial charge on any atom is -0.491 e. The summed E-state index contributed by atoms with van der Waals surface area (Å²) >= 11 is 0. The van der Waals surface area contributed by atoms with Gasteiger partial charge in [0, 0.05) is 12.2 Å². The van der Waals surface area contributed by atoms with Gasteiger partial charge in [-0.3, -0.25) is 0 Å². The number of hydrogen-bond acceptors (Lipinski definition) is 3. The topological polar surface area (TPSA) is 38.7 Å². The second-order valence-corrected chi connectivity index (χ2v) is 7.94. The molecular weight excluding hydrogens is 420 g/mol. The Labute approximate surface area is 201 Å². The Morgan fingerprint density at radius 1 is 0.618 bits per heavy atom. The lowest BCUT2D eigenvalue weighted by atomic mass is 9.87. The van der Waals surface area contributed by atoms with Gasteiger partial charge < -0.3 is 14.6 Å². The molecule has 172 valence electrons. The van der Waals surface area contributed by atoms with Crippen LogP contribution in [-0.2, 0) is 11.3 Å². The van der Waals surface area contributed by atoms with Gasteiger partial charge in [-0.15, -0.1) is 0 Å². The van der Waals surface area contributed by atoms with Crippen LogP contribution in [0.15, 0.2) is 115 Å². The molecule has 0 radical (unpaired) electrons. The largest absolute Gasteiger partial charge is 0.491 e. The fourth-order valence-electron chi connectivity index (χ4n) is 4.04. The van der Waals surface area contributed by atoms with Crippen LogP contribution in [-0.4, -0.2) is 24.9 Å². The average Bonchev–Trinajstić information content (AvgIpc) is 2.91. The van der Waals surface area contributed by atoms with Crippen molar-refractivity contribution in [1.29, 1.82) is 0 Å². The summed E-state index contributed by atoms with van der Waals surface area (Å²) in [7, 11) is 0. The van der Waals surface area contributed by atoms with Crippen molar-refractivity contribution in [2.75, 3.05) is 19.8 Å². The molecule has 0 bridgehead atoms.